The molecular weight excluding hydrogens is 609 g/mol. The normalized spacial score (nSPS) is 13.1. The third-order valence-corrected chi connectivity index (χ3v) is 10.1. The largest absolute Gasteiger partial charge is 0.269 e. The maximum Gasteiger partial charge on any atom is 0.269 e. The van der Waals surface area contributed by atoms with Gasteiger partial charge in [-0.15, -0.1) is 0 Å². The van der Waals surface area contributed by atoms with Gasteiger partial charge in [0.2, 0.25) is 7.59 Å². The van der Waals surface area contributed by atoms with Crippen molar-refractivity contribution in [1.82, 2.24) is 0 Å². The number of nitro benzene ring substituents is 2. The molecule has 2 rings (SSSR count). The van der Waals surface area contributed by atoms with Gasteiger partial charge in [0.1, 0.15) is 0 Å². The summed E-state index contributed by atoms with van der Waals surface area (Å²) in [5.41, 5.74) is 1.18. The fraction of sp³-hybridized carbons (Fsp3) is 0.400. The first-order valence-electron chi connectivity index (χ1n) is 9.36. The Bertz CT molecular complexity index is 1030. The van der Waals surface area contributed by atoms with Crippen molar-refractivity contribution in [2.24, 2.45) is 0 Å². The summed E-state index contributed by atoms with van der Waals surface area (Å²) >= 11 is 36.8. The first kappa shape index (κ1) is 29.9. The predicted molar refractivity (Wildman–Crippen MR) is 146 cm³/mol. The molecule has 0 saturated carbocycles. The van der Waals surface area contributed by atoms with Crippen molar-refractivity contribution in [3.63, 3.8) is 0 Å². The van der Waals surface area contributed by atoms with Gasteiger partial charge in [0.05, 0.1) is 9.85 Å². The van der Waals surface area contributed by atoms with E-state index in [1.54, 1.807) is 12.1 Å². The third-order valence-electron chi connectivity index (χ3n) is 4.79. The van der Waals surface area contributed by atoms with Gasteiger partial charge in [0.15, 0.2) is 0 Å². The highest BCUT2D eigenvalue weighted by atomic mass is 35.6. The first-order chi connectivity index (χ1) is 15.3. The van der Waals surface area contributed by atoms with Gasteiger partial charge in [-0.2, -0.15) is 0 Å². The smallest absolute Gasteiger partial charge is 0.258 e. The molecule has 0 atom stereocenters. The molecule has 0 radical (unpaired) electrons. The number of benzene rings is 2. The molecular formula is C20H18Cl6N2O4S2. The van der Waals surface area contributed by atoms with E-state index in [0.717, 1.165) is 0 Å². The van der Waals surface area contributed by atoms with Crippen molar-refractivity contribution < 1.29 is 9.85 Å². The van der Waals surface area contributed by atoms with Gasteiger partial charge < -0.3 is 0 Å². The summed E-state index contributed by atoms with van der Waals surface area (Å²) in [6.07, 6.45) is 0. The summed E-state index contributed by atoms with van der Waals surface area (Å²) in [6.45, 7) is 7.53. The Hall–Kier alpha value is -0.320. The summed E-state index contributed by atoms with van der Waals surface area (Å²) < 4.78 is -5.14. The molecule has 0 bridgehead atoms. The van der Waals surface area contributed by atoms with E-state index in [1.165, 1.54) is 45.9 Å². The zero-order valence-corrected chi connectivity index (χ0v) is 24.2. The van der Waals surface area contributed by atoms with Crippen LogP contribution in [-0.4, -0.2) is 9.85 Å². The van der Waals surface area contributed by atoms with Crippen LogP contribution in [0.5, 0.6) is 0 Å². The molecule has 2 aromatic rings. The Kier molecular flexibility index (Phi) is 9.31. The van der Waals surface area contributed by atoms with Gasteiger partial charge in [0, 0.05) is 44.9 Å². The molecule has 0 aliphatic rings. The van der Waals surface area contributed by atoms with Crippen LogP contribution in [0.3, 0.4) is 0 Å². The highest BCUT2D eigenvalue weighted by molar-refractivity contribution is 8.77. The second-order valence-electron chi connectivity index (χ2n) is 8.16. The van der Waals surface area contributed by atoms with Crippen molar-refractivity contribution in [1.29, 1.82) is 0 Å². The number of nitro groups is 2. The van der Waals surface area contributed by atoms with Crippen molar-refractivity contribution in [2.75, 3.05) is 0 Å². The van der Waals surface area contributed by atoms with E-state index in [4.69, 9.17) is 69.6 Å². The number of rotatable bonds is 7. The molecule has 0 amide bonds. The van der Waals surface area contributed by atoms with Crippen molar-refractivity contribution in [3.8, 4) is 0 Å². The Morgan fingerprint density at radius 2 is 0.912 bits per heavy atom. The van der Waals surface area contributed by atoms with E-state index in [0.29, 0.717) is 11.1 Å². The van der Waals surface area contributed by atoms with Crippen molar-refractivity contribution in [2.45, 2.75) is 44.8 Å². The zero-order chi connectivity index (χ0) is 26.3. The number of nitrogens with zero attached hydrogens (tertiary/aromatic N) is 2. The topological polar surface area (TPSA) is 86.3 Å². The van der Waals surface area contributed by atoms with Crippen LogP contribution >= 0.6 is 91.2 Å². The molecule has 34 heavy (non-hydrogen) atoms. The molecule has 0 N–H and O–H groups in total. The van der Waals surface area contributed by atoms with E-state index < -0.39 is 26.9 Å². The summed E-state index contributed by atoms with van der Waals surface area (Å²) in [5.74, 6) is 0. The van der Waals surface area contributed by atoms with Crippen LogP contribution in [0.15, 0.2) is 36.4 Å². The summed E-state index contributed by atoms with van der Waals surface area (Å²) in [6, 6.07) is 8.33. The van der Waals surface area contributed by atoms with Crippen LogP contribution in [0, 0.1) is 20.2 Å². The van der Waals surface area contributed by atoms with Gasteiger partial charge in [-0.05, 0) is 38.8 Å². The predicted octanol–water partition coefficient (Wildman–Crippen LogP) is 9.71. The highest BCUT2D eigenvalue weighted by Crippen LogP contribution is 2.57. The number of hydrogen-bond acceptors (Lipinski definition) is 6. The van der Waals surface area contributed by atoms with Gasteiger partial charge in [-0.1, -0.05) is 103 Å². The van der Waals surface area contributed by atoms with Crippen LogP contribution in [0.25, 0.3) is 0 Å². The fourth-order valence-electron chi connectivity index (χ4n) is 3.11. The SMILES string of the molecule is CC(C)(SSC(C)(C)c1ccc([N+](=O)[O-])cc1C(Cl)(Cl)Cl)c1ccc([N+](=O)[O-])cc1C(Cl)(Cl)Cl. The van der Waals surface area contributed by atoms with Crippen molar-refractivity contribution >= 4 is 103 Å². The first-order valence-corrected chi connectivity index (χ1v) is 13.8. The quantitative estimate of drug-likeness (QED) is 0.132. The molecule has 2 aromatic carbocycles. The zero-order valence-electron chi connectivity index (χ0n) is 18.1. The van der Waals surface area contributed by atoms with E-state index in [-0.39, 0.29) is 22.5 Å². The minimum absolute atomic E-state index is 0.194. The van der Waals surface area contributed by atoms with Gasteiger partial charge in [-0.3, -0.25) is 20.2 Å². The van der Waals surface area contributed by atoms with Crippen LogP contribution in [0.2, 0.25) is 0 Å². The minimum Gasteiger partial charge on any atom is -0.258 e. The highest BCUT2D eigenvalue weighted by Gasteiger charge is 2.39. The second-order valence-corrected chi connectivity index (χ2v) is 16.1. The van der Waals surface area contributed by atoms with E-state index in [1.807, 2.05) is 27.7 Å². The number of halogens is 6. The van der Waals surface area contributed by atoms with Gasteiger partial charge >= 0.3 is 0 Å². The second kappa shape index (κ2) is 10.6. The molecule has 14 heteroatoms. The van der Waals surface area contributed by atoms with E-state index >= 15 is 0 Å². The molecule has 0 spiro atoms. The lowest BCUT2D eigenvalue weighted by Crippen LogP contribution is -2.21. The number of non-ortho nitro benzene ring substituents is 2. The summed E-state index contributed by atoms with van der Waals surface area (Å²) in [4.78, 5) is 21.3. The van der Waals surface area contributed by atoms with Gasteiger partial charge in [-0.25, -0.2) is 0 Å². The molecule has 0 aliphatic heterocycles. The lowest BCUT2D eigenvalue weighted by atomic mass is 9.96. The monoisotopic (exact) mass is 624 g/mol. The fourth-order valence-corrected chi connectivity index (χ4v) is 6.79. The molecule has 0 unspecified atom stereocenters. The maximum absolute atomic E-state index is 11.2. The van der Waals surface area contributed by atoms with Gasteiger partial charge in [0.25, 0.3) is 11.4 Å². The molecule has 0 heterocycles. The van der Waals surface area contributed by atoms with Crippen molar-refractivity contribution in [3.05, 3.63) is 78.9 Å². The number of hydrogen-bond donors (Lipinski definition) is 0. The number of alkyl halides is 6. The molecule has 0 aliphatic carbocycles. The summed E-state index contributed by atoms with van der Waals surface area (Å²) in [7, 11) is 2.83. The Morgan fingerprint density at radius 3 is 1.15 bits per heavy atom. The lowest BCUT2D eigenvalue weighted by Gasteiger charge is -2.34. The maximum atomic E-state index is 11.2. The standard InChI is InChI=1S/C20H18Cl6N2O4S2/c1-17(2,13-7-5-11(27(29)30)9-15(13)19(21,22)23)33-34-18(3,4)14-8-6-12(28(31)32)10-16(14)20(24,25)26/h5-10H,1-4H3. The Balaban J connectivity index is 2.47. The minimum atomic E-state index is -1.89. The third kappa shape index (κ3) is 7.13. The Labute approximate surface area is 234 Å². The molecule has 0 fully saturated rings. The van der Waals surface area contributed by atoms with E-state index in [2.05, 4.69) is 0 Å². The summed E-state index contributed by atoms with van der Waals surface area (Å²) in [5, 5.41) is 22.5. The molecule has 186 valence electrons. The van der Waals surface area contributed by atoms with Crippen LogP contribution in [0.4, 0.5) is 11.4 Å². The molecule has 6 nitrogen and oxygen atoms in total. The average molecular weight is 627 g/mol. The van der Waals surface area contributed by atoms with Crippen LogP contribution in [-0.2, 0) is 17.1 Å². The van der Waals surface area contributed by atoms with E-state index in [9.17, 15) is 20.2 Å². The average Bonchev–Trinajstić information content (AvgIpc) is 2.70. The Morgan fingerprint density at radius 1 is 0.618 bits per heavy atom. The molecule has 0 saturated heterocycles. The van der Waals surface area contributed by atoms with Crippen LogP contribution in [0.1, 0.15) is 49.9 Å². The molecule has 0 aromatic heterocycles. The lowest BCUT2D eigenvalue weighted by molar-refractivity contribution is -0.385. The van der Waals surface area contributed by atoms with Crippen LogP contribution < -0.4 is 0 Å².